The molecule has 0 atom stereocenters. The van der Waals surface area contributed by atoms with Crippen LogP contribution in [0.3, 0.4) is 0 Å². The van der Waals surface area contributed by atoms with Gasteiger partial charge in [-0.25, -0.2) is 4.98 Å². The highest BCUT2D eigenvalue weighted by Crippen LogP contribution is 2.19. The van der Waals surface area contributed by atoms with Gasteiger partial charge in [-0.2, -0.15) is 0 Å². The Bertz CT molecular complexity index is 766. The van der Waals surface area contributed by atoms with Crippen LogP contribution in [0.25, 0.3) is 11.5 Å². The van der Waals surface area contributed by atoms with Gasteiger partial charge in [0, 0.05) is 19.2 Å². The molecule has 3 rings (SSSR count). The van der Waals surface area contributed by atoms with E-state index in [2.05, 4.69) is 51.5 Å². The maximum atomic E-state index is 5.62. The maximum Gasteiger partial charge on any atom is 0.226 e. The molecule has 2 heterocycles. The van der Waals surface area contributed by atoms with Crippen molar-refractivity contribution in [3.05, 3.63) is 41.8 Å². The third-order valence-electron chi connectivity index (χ3n) is 5.58. The van der Waals surface area contributed by atoms with Gasteiger partial charge in [0.1, 0.15) is 6.26 Å². The van der Waals surface area contributed by atoms with Crippen molar-refractivity contribution in [3.63, 3.8) is 0 Å². The first-order chi connectivity index (χ1) is 14.1. The molecular weight excluding hydrogens is 489 g/mol. The largest absolute Gasteiger partial charge is 0.444 e. The monoisotopic (exact) mass is 525 g/mol. The second-order valence-corrected chi connectivity index (χ2v) is 8.09. The molecule has 0 amide bonds. The molecule has 1 aromatic carbocycles. The number of aliphatic imine (C=N–C) groups is 1. The van der Waals surface area contributed by atoms with E-state index >= 15 is 0 Å². The zero-order valence-corrected chi connectivity index (χ0v) is 20.8. The van der Waals surface area contributed by atoms with E-state index in [0.717, 1.165) is 36.1 Å². The molecule has 7 heteroatoms. The van der Waals surface area contributed by atoms with Crippen LogP contribution in [0.1, 0.15) is 43.9 Å². The van der Waals surface area contributed by atoms with Gasteiger partial charge in [-0.05, 0) is 70.3 Å². The minimum Gasteiger partial charge on any atom is -0.444 e. The lowest BCUT2D eigenvalue weighted by atomic mass is 9.99. The summed E-state index contributed by atoms with van der Waals surface area (Å²) in [5.41, 5.74) is 3.08. The quantitative estimate of drug-likeness (QED) is 0.231. The number of rotatable bonds is 8. The minimum absolute atomic E-state index is 0. The SMILES string of the molecule is CN=C(NCCCCN1CCC(C)CC1)NCc1coc(-c2ccc(C)cc2)n1.I. The molecule has 1 aliphatic rings. The van der Waals surface area contributed by atoms with Crippen molar-refractivity contribution >= 4 is 29.9 Å². The number of hydrogen-bond acceptors (Lipinski definition) is 4. The van der Waals surface area contributed by atoms with Gasteiger partial charge in [0.05, 0.1) is 12.2 Å². The van der Waals surface area contributed by atoms with E-state index < -0.39 is 0 Å². The van der Waals surface area contributed by atoms with Crippen LogP contribution in [0.15, 0.2) is 39.9 Å². The average molecular weight is 525 g/mol. The number of guanidine groups is 1. The van der Waals surface area contributed by atoms with Crippen LogP contribution in [0.2, 0.25) is 0 Å². The molecule has 1 fully saturated rings. The molecule has 1 aromatic heterocycles. The van der Waals surface area contributed by atoms with Crippen LogP contribution in [-0.2, 0) is 6.54 Å². The Balaban J connectivity index is 0.00000320. The number of oxazole rings is 1. The molecule has 1 aliphatic heterocycles. The number of unbranched alkanes of at least 4 members (excludes halogenated alkanes) is 1. The zero-order valence-electron chi connectivity index (χ0n) is 18.5. The third kappa shape index (κ3) is 7.91. The molecule has 166 valence electrons. The molecule has 2 N–H and O–H groups in total. The van der Waals surface area contributed by atoms with Crippen LogP contribution >= 0.6 is 24.0 Å². The van der Waals surface area contributed by atoms with Crippen molar-refractivity contribution in [1.82, 2.24) is 20.5 Å². The number of aryl methyl sites for hydroxylation is 1. The summed E-state index contributed by atoms with van der Waals surface area (Å²) >= 11 is 0. The van der Waals surface area contributed by atoms with Gasteiger partial charge in [-0.1, -0.05) is 24.6 Å². The van der Waals surface area contributed by atoms with Crippen molar-refractivity contribution in [1.29, 1.82) is 0 Å². The van der Waals surface area contributed by atoms with Gasteiger partial charge in [0.15, 0.2) is 5.96 Å². The van der Waals surface area contributed by atoms with E-state index in [1.54, 1.807) is 13.3 Å². The zero-order chi connectivity index (χ0) is 20.5. The highest BCUT2D eigenvalue weighted by Gasteiger charge is 2.14. The van der Waals surface area contributed by atoms with Crippen molar-refractivity contribution in [2.75, 3.05) is 33.2 Å². The number of aromatic nitrogens is 1. The lowest BCUT2D eigenvalue weighted by Crippen LogP contribution is -2.38. The van der Waals surface area contributed by atoms with Gasteiger partial charge in [0.25, 0.3) is 0 Å². The Hall–Kier alpha value is -1.61. The van der Waals surface area contributed by atoms with Gasteiger partial charge >= 0.3 is 0 Å². The number of nitrogens with zero attached hydrogens (tertiary/aromatic N) is 3. The van der Waals surface area contributed by atoms with Crippen molar-refractivity contribution in [2.24, 2.45) is 10.9 Å². The Morgan fingerprint density at radius 1 is 1.17 bits per heavy atom. The summed E-state index contributed by atoms with van der Waals surface area (Å²) in [7, 11) is 1.80. The van der Waals surface area contributed by atoms with Crippen LogP contribution in [0, 0.1) is 12.8 Å². The Labute approximate surface area is 198 Å². The number of piperidine rings is 1. The lowest BCUT2D eigenvalue weighted by Gasteiger charge is -2.30. The summed E-state index contributed by atoms with van der Waals surface area (Å²) in [6.45, 7) is 9.68. The molecule has 0 spiro atoms. The number of halogens is 1. The molecule has 1 saturated heterocycles. The Kier molecular flexibility index (Phi) is 10.6. The minimum atomic E-state index is 0. The summed E-state index contributed by atoms with van der Waals surface area (Å²) in [6, 6.07) is 8.19. The average Bonchev–Trinajstić information content (AvgIpc) is 3.21. The first-order valence-corrected chi connectivity index (χ1v) is 10.8. The van der Waals surface area contributed by atoms with E-state index in [0.29, 0.717) is 12.4 Å². The van der Waals surface area contributed by atoms with Crippen molar-refractivity contribution in [2.45, 2.75) is 46.1 Å². The van der Waals surface area contributed by atoms with E-state index in [1.165, 1.54) is 44.5 Å². The highest BCUT2D eigenvalue weighted by molar-refractivity contribution is 14.0. The van der Waals surface area contributed by atoms with Gasteiger partial charge < -0.3 is 20.0 Å². The van der Waals surface area contributed by atoms with Crippen LogP contribution < -0.4 is 10.6 Å². The molecule has 0 saturated carbocycles. The summed E-state index contributed by atoms with van der Waals surface area (Å²) in [6.07, 6.45) is 6.77. The second kappa shape index (κ2) is 12.9. The highest BCUT2D eigenvalue weighted by atomic mass is 127. The first-order valence-electron chi connectivity index (χ1n) is 10.8. The fourth-order valence-corrected chi connectivity index (χ4v) is 3.56. The predicted octanol–water partition coefficient (Wildman–Crippen LogP) is 4.45. The van der Waals surface area contributed by atoms with Crippen LogP contribution in [0.5, 0.6) is 0 Å². The van der Waals surface area contributed by atoms with Gasteiger partial charge in [-0.3, -0.25) is 4.99 Å². The molecule has 30 heavy (non-hydrogen) atoms. The van der Waals surface area contributed by atoms with E-state index in [4.69, 9.17) is 4.42 Å². The molecule has 0 radical (unpaired) electrons. The molecule has 0 bridgehead atoms. The molecule has 2 aromatic rings. The number of hydrogen-bond donors (Lipinski definition) is 2. The fraction of sp³-hybridized carbons (Fsp3) is 0.565. The molecule has 6 nitrogen and oxygen atoms in total. The van der Waals surface area contributed by atoms with Gasteiger partial charge in [-0.15, -0.1) is 24.0 Å². The Morgan fingerprint density at radius 2 is 1.90 bits per heavy atom. The summed E-state index contributed by atoms with van der Waals surface area (Å²) in [5, 5.41) is 6.70. The molecule has 0 unspecified atom stereocenters. The van der Waals surface area contributed by atoms with E-state index in [-0.39, 0.29) is 24.0 Å². The molecular formula is C23H36IN5O. The number of nitrogens with one attached hydrogen (secondary N) is 2. The lowest BCUT2D eigenvalue weighted by molar-refractivity contribution is 0.189. The van der Waals surface area contributed by atoms with E-state index in [9.17, 15) is 0 Å². The second-order valence-electron chi connectivity index (χ2n) is 8.09. The third-order valence-corrected chi connectivity index (χ3v) is 5.58. The normalized spacial score (nSPS) is 15.6. The van der Waals surface area contributed by atoms with E-state index in [1.807, 2.05) is 12.1 Å². The predicted molar refractivity (Wildman–Crippen MR) is 134 cm³/mol. The summed E-state index contributed by atoms with van der Waals surface area (Å²) in [5.74, 6) is 2.36. The standard InChI is InChI=1S/C23H35N5O.HI/c1-18-6-8-20(9-7-18)22-27-21(17-29-22)16-26-23(24-3)25-12-4-5-13-28-14-10-19(2)11-15-28;/h6-9,17,19H,4-5,10-16H2,1-3H3,(H2,24,25,26);1H. The topological polar surface area (TPSA) is 65.7 Å². The van der Waals surface area contributed by atoms with Crippen LogP contribution in [0.4, 0.5) is 0 Å². The first kappa shape index (κ1) is 24.7. The fourth-order valence-electron chi connectivity index (χ4n) is 3.56. The Morgan fingerprint density at radius 3 is 2.60 bits per heavy atom. The smallest absolute Gasteiger partial charge is 0.226 e. The van der Waals surface area contributed by atoms with Crippen molar-refractivity contribution in [3.8, 4) is 11.5 Å². The number of likely N-dealkylation sites (tertiary alicyclic amines) is 1. The van der Waals surface area contributed by atoms with Gasteiger partial charge in [0.2, 0.25) is 5.89 Å². The molecule has 0 aliphatic carbocycles. The maximum absolute atomic E-state index is 5.62. The summed E-state index contributed by atoms with van der Waals surface area (Å²) in [4.78, 5) is 11.5. The van der Waals surface area contributed by atoms with Crippen molar-refractivity contribution < 1.29 is 4.42 Å². The van der Waals surface area contributed by atoms with Crippen LogP contribution in [-0.4, -0.2) is 49.1 Å². The summed E-state index contributed by atoms with van der Waals surface area (Å²) < 4.78 is 5.62. The number of benzene rings is 1.